The third kappa shape index (κ3) is 4.96. The maximum Gasteiger partial charge on any atom is 0.416 e. The van der Waals surface area contributed by atoms with Crippen molar-refractivity contribution >= 4 is 16.9 Å². The number of hydrogen-bond acceptors (Lipinski definition) is 3. The summed E-state index contributed by atoms with van der Waals surface area (Å²) in [6.45, 7) is 0. The van der Waals surface area contributed by atoms with Crippen LogP contribution in [0.15, 0.2) is 95.4 Å². The van der Waals surface area contributed by atoms with E-state index in [4.69, 9.17) is 4.42 Å². The molecule has 0 spiro atoms. The molecule has 0 aliphatic rings. The fourth-order valence-electron chi connectivity index (χ4n) is 3.90. The molecule has 0 radical (unpaired) electrons. The van der Waals surface area contributed by atoms with Gasteiger partial charge in [0.2, 0.25) is 0 Å². The molecule has 0 saturated heterocycles. The molecule has 2 aromatic heterocycles. The molecule has 5 rings (SSSR count). The van der Waals surface area contributed by atoms with Crippen LogP contribution in [-0.4, -0.2) is 15.9 Å². The molecule has 0 unspecified atom stereocenters. The van der Waals surface area contributed by atoms with Gasteiger partial charge in [-0.1, -0.05) is 54.6 Å². The van der Waals surface area contributed by atoms with E-state index in [0.717, 1.165) is 28.7 Å². The zero-order chi connectivity index (χ0) is 24.4. The minimum Gasteiger partial charge on any atom is -0.451 e. The number of para-hydroxylation sites is 2. The Bertz CT molecular complexity index is 1440. The SMILES string of the molecule is O=C(N[C@@H](Cc1ccccc1)c1nc2ccccc2[nH]1)c1ccc(-c2cccc(C(F)(F)F)c2)o1. The number of carbonyl (C=O) groups excluding carboxylic acids is 1. The van der Waals surface area contributed by atoms with E-state index in [1.165, 1.54) is 24.3 Å². The molecule has 1 atom stereocenters. The first-order valence-electron chi connectivity index (χ1n) is 10.9. The number of benzene rings is 3. The number of halogens is 3. The van der Waals surface area contributed by atoms with Crippen LogP contribution < -0.4 is 5.32 Å². The van der Waals surface area contributed by atoms with Gasteiger partial charge in [-0.3, -0.25) is 4.79 Å². The van der Waals surface area contributed by atoms with Crippen LogP contribution in [0.25, 0.3) is 22.4 Å². The van der Waals surface area contributed by atoms with Gasteiger partial charge in [-0.25, -0.2) is 4.98 Å². The predicted octanol–water partition coefficient (Wildman–Crippen LogP) is 6.56. The monoisotopic (exact) mass is 475 g/mol. The first-order chi connectivity index (χ1) is 16.9. The van der Waals surface area contributed by atoms with E-state index in [0.29, 0.717) is 12.2 Å². The minimum atomic E-state index is -4.47. The van der Waals surface area contributed by atoms with Crippen LogP contribution in [0.3, 0.4) is 0 Å². The van der Waals surface area contributed by atoms with Crippen molar-refractivity contribution < 1.29 is 22.4 Å². The van der Waals surface area contributed by atoms with Gasteiger partial charge in [0, 0.05) is 5.56 Å². The van der Waals surface area contributed by atoms with E-state index in [-0.39, 0.29) is 17.1 Å². The minimum absolute atomic E-state index is 0.00779. The van der Waals surface area contributed by atoms with E-state index in [2.05, 4.69) is 15.3 Å². The second-order valence-corrected chi connectivity index (χ2v) is 8.10. The van der Waals surface area contributed by atoms with Gasteiger partial charge in [0.05, 0.1) is 22.6 Å². The molecule has 35 heavy (non-hydrogen) atoms. The molecule has 0 aliphatic heterocycles. The van der Waals surface area contributed by atoms with Crippen molar-refractivity contribution in [3.63, 3.8) is 0 Å². The number of carbonyl (C=O) groups is 1. The third-order valence-electron chi connectivity index (χ3n) is 5.63. The van der Waals surface area contributed by atoms with Crippen molar-refractivity contribution in [2.24, 2.45) is 0 Å². The Morgan fingerprint density at radius 1 is 0.943 bits per heavy atom. The summed E-state index contributed by atoms with van der Waals surface area (Å²) in [5, 5.41) is 2.95. The Balaban J connectivity index is 1.41. The highest BCUT2D eigenvalue weighted by Gasteiger charge is 2.30. The average Bonchev–Trinajstić information content (AvgIpc) is 3.52. The summed E-state index contributed by atoms with van der Waals surface area (Å²) in [5.41, 5.74) is 2.07. The zero-order valence-corrected chi connectivity index (χ0v) is 18.3. The first-order valence-corrected chi connectivity index (χ1v) is 10.9. The van der Waals surface area contributed by atoms with Gasteiger partial charge in [0.25, 0.3) is 5.91 Å². The molecule has 0 saturated carbocycles. The highest BCUT2D eigenvalue weighted by Crippen LogP contribution is 2.32. The Hall–Kier alpha value is -4.33. The lowest BCUT2D eigenvalue weighted by Crippen LogP contribution is -2.30. The summed E-state index contributed by atoms with van der Waals surface area (Å²) >= 11 is 0. The van der Waals surface area contributed by atoms with Crippen LogP contribution in [0.2, 0.25) is 0 Å². The average molecular weight is 475 g/mol. The summed E-state index contributed by atoms with van der Waals surface area (Å²) in [7, 11) is 0. The number of rotatable bonds is 6. The summed E-state index contributed by atoms with van der Waals surface area (Å²) in [6, 6.07) is 24.5. The van der Waals surface area contributed by atoms with Crippen molar-refractivity contribution in [2.45, 2.75) is 18.6 Å². The predicted molar refractivity (Wildman–Crippen MR) is 126 cm³/mol. The highest BCUT2D eigenvalue weighted by atomic mass is 19.4. The first kappa shape index (κ1) is 22.5. The fourth-order valence-corrected chi connectivity index (χ4v) is 3.90. The van der Waals surface area contributed by atoms with Crippen LogP contribution in [0.4, 0.5) is 13.2 Å². The number of nitrogens with zero attached hydrogens (tertiary/aromatic N) is 1. The van der Waals surface area contributed by atoms with E-state index < -0.39 is 23.7 Å². The normalized spacial score (nSPS) is 12.5. The summed E-state index contributed by atoms with van der Waals surface area (Å²) in [6.07, 6.45) is -3.99. The molecule has 0 aliphatic carbocycles. The number of aromatic nitrogens is 2. The molecule has 5 nitrogen and oxygen atoms in total. The number of hydrogen-bond donors (Lipinski definition) is 2. The van der Waals surface area contributed by atoms with Gasteiger partial charge in [0.15, 0.2) is 5.76 Å². The lowest BCUT2D eigenvalue weighted by molar-refractivity contribution is -0.137. The van der Waals surface area contributed by atoms with Gasteiger partial charge < -0.3 is 14.7 Å². The van der Waals surface area contributed by atoms with Gasteiger partial charge in [0.1, 0.15) is 11.6 Å². The Labute approximate surface area is 198 Å². The van der Waals surface area contributed by atoms with Crippen molar-refractivity contribution in [3.8, 4) is 11.3 Å². The highest BCUT2D eigenvalue weighted by molar-refractivity contribution is 5.92. The van der Waals surface area contributed by atoms with Crippen LogP contribution >= 0.6 is 0 Å². The molecule has 5 aromatic rings. The number of furan rings is 1. The van der Waals surface area contributed by atoms with Crippen molar-refractivity contribution in [3.05, 3.63) is 114 Å². The molecule has 0 fully saturated rings. The van der Waals surface area contributed by atoms with Crippen LogP contribution in [-0.2, 0) is 12.6 Å². The molecular formula is C27H20F3N3O2. The Morgan fingerprint density at radius 2 is 1.71 bits per heavy atom. The number of H-pyrrole nitrogens is 1. The molecule has 0 bridgehead atoms. The van der Waals surface area contributed by atoms with E-state index in [1.54, 1.807) is 0 Å². The van der Waals surface area contributed by atoms with Crippen LogP contribution in [0.1, 0.15) is 33.5 Å². The van der Waals surface area contributed by atoms with Crippen molar-refractivity contribution in [1.29, 1.82) is 0 Å². The molecule has 8 heteroatoms. The molecule has 2 heterocycles. The number of imidazole rings is 1. The summed E-state index contributed by atoms with van der Waals surface area (Å²) < 4.78 is 44.9. The number of nitrogens with one attached hydrogen (secondary N) is 2. The second kappa shape index (κ2) is 9.13. The smallest absolute Gasteiger partial charge is 0.416 e. The van der Waals surface area contributed by atoms with E-state index in [1.807, 2.05) is 54.6 Å². The van der Waals surface area contributed by atoms with Crippen molar-refractivity contribution in [2.75, 3.05) is 0 Å². The fraction of sp³-hybridized carbons (Fsp3) is 0.111. The number of aromatic amines is 1. The molecular weight excluding hydrogens is 455 g/mol. The quantitative estimate of drug-likeness (QED) is 0.292. The second-order valence-electron chi connectivity index (χ2n) is 8.10. The Morgan fingerprint density at radius 3 is 2.49 bits per heavy atom. The van der Waals surface area contributed by atoms with Crippen LogP contribution in [0, 0.1) is 0 Å². The maximum atomic E-state index is 13.1. The van der Waals surface area contributed by atoms with Gasteiger partial charge >= 0.3 is 6.18 Å². The third-order valence-corrected chi connectivity index (χ3v) is 5.63. The topological polar surface area (TPSA) is 70.9 Å². The van der Waals surface area contributed by atoms with Crippen molar-refractivity contribution in [1.82, 2.24) is 15.3 Å². The standard InChI is InChI=1S/C27H20F3N3O2/c28-27(29,30)19-10-6-9-18(16-19)23-13-14-24(35-23)26(34)33-22(15-17-7-2-1-3-8-17)25-31-20-11-4-5-12-21(20)32-25/h1-14,16,22H,15H2,(H,31,32)(H,33,34)/t22-/m0/s1. The lowest BCUT2D eigenvalue weighted by atomic mass is 10.1. The maximum absolute atomic E-state index is 13.1. The zero-order valence-electron chi connectivity index (χ0n) is 18.3. The number of alkyl halides is 3. The summed E-state index contributed by atoms with van der Waals surface area (Å²) in [5.74, 6) is 0.258. The molecule has 176 valence electrons. The van der Waals surface area contributed by atoms with Gasteiger partial charge in [-0.2, -0.15) is 13.2 Å². The van der Waals surface area contributed by atoms with Gasteiger partial charge in [-0.05, 0) is 48.4 Å². The lowest BCUT2D eigenvalue weighted by Gasteiger charge is -2.16. The summed E-state index contributed by atoms with van der Waals surface area (Å²) in [4.78, 5) is 21.0. The van der Waals surface area contributed by atoms with E-state index >= 15 is 0 Å². The largest absolute Gasteiger partial charge is 0.451 e. The number of fused-ring (bicyclic) bond motifs is 1. The molecule has 3 aromatic carbocycles. The van der Waals surface area contributed by atoms with E-state index in [9.17, 15) is 18.0 Å². The number of amides is 1. The molecule has 2 N–H and O–H groups in total. The molecule has 1 amide bonds. The Kier molecular flexibility index (Phi) is 5.86. The van der Waals surface area contributed by atoms with Crippen LogP contribution in [0.5, 0.6) is 0 Å². The van der Waals surface area contributed by atoms with Gasteiger partial charge in [-0.15, -0.1) is 0 Å².